The highest BCUT2D eigenvalue weighted by Gasteiger charge is 2.28. The summed E-state index contributed by atoms with van der Waals surface area (Å²) in [6.07, 6.45) is 5.31. The van der Waals surface area contributed by atoms with Crippen molar-refractivity contribution >= 4 is 0 Å². The maximum absolute atomic E-state index is 3.67. The Morgan fingerprint density at radius 2 is 2.00 bits per heavy atom. The Bertz CT molecular complexity index is 213. The number of piperidine rings is 1. The van der Waals surface area contributed by atoms with Crippen LogP contribution in [0.2, 0.25) is 0 Å². The van der Waals surface area contributed by atoms with Gasteiger partial charge in [0.05, 0.1) is 0 Å². The minimum absolute atomic E-state index is 0.515. The fraction of sp³-hybridized carbons (Fsp3) is 1.00. The smallest absolute Gasteiger partial charge is 0.0192 e. The van der Waals surface area contributed by atoms with Gasteiger partial charge in [-0.3, -0.25) is 4.90 Å². The molecule has 102 valence electrons. The van der Waals surface area contributed by atoms with Crippen LogP contribution in [0.15, 0.2) is 0 Å². The number of rotatable bonds is 6. The van der Waals surface area contributed by atoms with Gasteiger partial charge < -0.3 is 5.32 Å². The first-order valence-electron chi connectivity index (χ1n) is 7.42. The van der Waals surface area contributed by atoms with Crippen LogP contribution in [0.25, 0.3) is 0 Å². The van der Waals surface area contributed by atoms with E-state index in [1.807, 2.05) is 0 Å². The molecule has 0 aromatic rings. The Labute approximate surface area is 108 Å². The summed E-state index contributed by atoms with van der Waals surface area (Å²) in [5, 5.41) is 3.67. The molecule has 1 fully saturated rings. The summed E-state index contributed by atoms with van der Waals surface area (Å²) in [4.78, 5) is 2.66. The highest BCUT2D eigenvalue weighted by atomic mass is 15.2. The highest BCUT2D eigenvalue weighted by Crippen LogP contribution is 2.29. The third-order valence-electron chi connectivity index (χ3n) is 4.04. The molecule has 0 aliphatic carbocycles. The number of nitrogens with zero attached hydrogens (tertiary/aromatic N) is 1. The van der Waals surface area contributed by atoms with E-state index in [1.54, 1.807) is 0 Å². The summed E-state index contributed by atoms with van der Waals surface area (Å²) in [6, 6.07) is 1.34. The lowest BCUT2D eigenvalue weighted by Gasteiger charge is -2.41. The second kappa shape index (κ2) is 6.75. The van der Waals surface area contributed by atoms with E-state index in [1.165, 1.54) is 38.8 Å². The van der Waals surface area contributed by atoms with Gasteiger partial charge in [0.15, 0.2) is 0 Å². The van der Waals surface area contributed by atoms with E-state index in [4.69, 9.17) is 0 Å². The van der Waals surface area contributed by atoms with Gasteiger partial charge in [0.1, 0.15) is 0 Å². The molecule has 0 radical (unpaired) electrons. The Hall–Kier alpha value is -0.0800. The lowest BCUT2D eigenvalue weighted by Crippen LogP contribution is -2.49. The van der Waals surface area contributed by atoms with Gasteiger partial charge in [-0.1, -0.05) is 27.2 Å². The fourth-order valence-electron chi connectivity index (χ4n) is 2.88. The van der Waals surface area contributed by atoms with Gasteiger partial charge >= 0.3 is 0 Å². The summed E-state index contributed by atoms with van der Waals surface area (Å²) in [5.41, 5.74) is 0.515. The second-order valence-corrected chi connectivity index (χ2v) is 6.69. The zero-order valence-electron chi connectivity index (χ0n) is 12.6. The molecule has 1 aliphatic heterocycles. The SMILES string of the molecule is CCCC(C)NCC(C)N1CCCC(C)(C)C1. The van der Waals surface area contributed by atoms with Crippen molar-refractivity contribution in [1.29, 1.82) is 0 Å². The third kappa shape index (κ3) is 5.39. The maximum atomic E-state index is 3.67. The number of hydrogen-bond donors (Lipinski definition) is 1. The molecule has 0 bridgehead atoms. The van der Waals surface area contributed by atoms with E-state index in [-0.39, 0.29) is 0 Å². The van der Waals surface area contributed by atoms with Crippen LogP contribution >= 0.6 is 0 Å². The fourth-order valence-corrected chi connectivity index (χ4v) is 2.88. The van der Waals surface area contributed by atoms with Gasteiger partial charge in [-0.15, -0.1) is 0 Å². The zero-order chi connectivity index (χ0) is 12.9. The lowest BCUT2D eigenvalue weighted by molar-refractivity contribution is 0.0832. The Morgan fingerprint density at radius 1 is 1.29 bits per heavy atom. The zero-order valence-corrected chi connectivity index (χ0v) is 12.6. The molecule has 0 spiro atoms. The molecule has 1 saturated heterocycles. The van der Waals surface area contributed by atoms with Gasteiger partial charge in [0.25, 0.3) is 0 Å². The Morgan fingerprint density at radius 3 is 2.59 bits per heavy atom. The monoisotopic (exact) mass is 240 g/mol. The first-order chi connectivity index (χ1) is 7.94. The predicted molar refractivity (Wildman–Crippen MR) is 76.4 cm³/mol. The van der Waals surface area contributed by atoms with E-state index < -0.39 is 0 Å². The van der Waals surface area contributed by atoms with E-state index in [0.717, 1.165) is 6.54 Å². The van der Waals surface area contributed by atoms with Crippen LogP contribution in [0.1, 0.15) is 60.3 Å². The van der Waals surface area contributed by atoms with Crippen LogP contribution in [0.5, 0.6) is 0 Å². The molecule has 17 heavy (non-hydrogen) atoms. The predicted octanol–water partition coefficient (Wildman–Crippen LogP) is 3.28. The van der Waals surface area contributed by atoms with Crippen LogP contribution in [0.3, 0.4) is 0 Å². The molecular weight excluding hydrogens is 208 g/mol. The minimum Gasteiger partial charge on any atom is -0.313 e. The van der Waals surface area contributed by atoms with Crippen molar-refractivity contribution in [2.75, 3.05) is 19.6 Å². The lowest BCUT2D eigenvalue weighted by atomic mass is 9.83. The molecule has 0 aromatic heterocycles. The van der Waals surface area contributed by atoms with Crippen molar-refractivity contribution in [2.24, 2.45) is 5.41 Å². The summed E-state index contributed by atoms with van der Waals surface area (Å²) in [6.45, 7) is 15.4. The highest BCUT2D eigenvalue weighted by molar-refractivity contribution is 4.83. The van der Waals surface area contributed by atoms with Crippen molar-refractivity contribution in [1.82, 2.24) is 10.2 Å². The number of hydrogen-bond acceptors (Lipinski definition) is 2. The molecule has 0 saturated carbocycles. The minimum atomic E-state index is 0.515. The standard InChI is InChI=1S/C15H32N2/c1-6-8-13(2)16-11-14(3)17-10-7-9-15(4,5)12-17/h13-14,16H,6-12H2,1-5H3. The quantitative estimate of drug-likeness (QED) is 0.766. The summed E-state index contributed by atoms with van der Waals surface area (Å²) in [5.74, 6) is 0. The normalized spacial score (nSPS) is 24.5. The third-order valence-corrected chi connectivity index (χ3v) is 4.04. The first kappa shape index (κ1) is 15.0. The summed E-state index contributed by atoms with van der Waals surface area (Å²) < 4.78 is 0. The first-order valence-corrected chi connectivity index (χ1v) is 7.42. The van der Waals surface area contributed by atoms with Gasteiger partial charge in [0, 0.05) is 25.2 Å². The molecule has 2 unspecified atom stereocenters. The molecular formula is C15H32N2. The number of likely N-dealkylation sites (tertiary alicyclic amines) is 1. The van der Waals surface area contributed by atoms with E-state index in [9.17, 15) is 0 Å². The van der Waals surface area contributed by atoms with E-state index in [2.05, 4.69) is 44.8 Å². The van der Waals surface area contributed by atoms with Gasteiger partial charge in [0.2, 0.25) is 0 Å². The average molecular weight is 240 g/mol. The van der Waals surface area contributed by atoms with Crippen molar-refractivity contribution < 1.29 is 0 Å². The van der Waals surface area contributed by atoms with Gasteiger partial charge in [-0.05, 0) is 45.1 Å². The molecule has 1 N–H and O–H groups in total. The van der Waals surface area contributed by atoms with Crippen molar-refractivity contribution in [2.45, 2.75) is 72.4 Å². The summed E-state index contributed by atoms with van der Waals surface area (Å²) >= 11 is 0. The topological polar surface area (TPSA) is 15.3 Å². The van der Waals surface area contributed by atoms with Crippen molar-refractivity contribution in [3.63, 3.8) is 0 Å². The number of nitrogens with one attached hydrogen (secondary N) is 1. The average Bonchev–Trinajstić information content (AvgIpc) is 2.25. The molecule has 1 rings (SSSR count). The Balaban J connectivity index is 2.29. The molecule has 2 atom stereocenters. The molecule has 1 aliphatic rings. The van der Waals surface area contributed by atoms with Crippen molar-refractivity contribution in [3.8, 4) is 0 Å². The second-order valence-electron chi connectivity index (χ2n) is 6.69. The van der Waals surface area contributed by atoms with Gasteiger partial charge in [-0.2, -0.15) is 0 Å². The Kier molecular flexibility index (Phi) is 5.94. The molecule has 1 heterocycles. The van der Waals surface area contributed by atoms with Crippen LogP contribution < -0.4 is 5.32 Å². The van der Waals surface area contributed by atoms with E-state index >= 15 is 0 Å². The van der Waals surface area contributed by atoms with Crippen LogP contribution in [-0.2, 0) is 0 Å². The molecule has 0 aromatic carbocycles. The van der Waals surface area contributed by atoms with E-state index in [0.29, 0.717) is 17.5 Å². The van der Waals surface area contributed by atoms with Crippen LogP contribution in [0.4, 0.5) is 0 Å². The molecule has 2 nitrogen and oxygen atoms in total. The largest absolute Gasteiger partial charge is 0.313 e. The molecule has 2 heteroatoms. The summed E-state index contributed by atoms with van der Waals surface area (Å²) in [7, 11) is 0. The van der Waals surface area contributed by atoms with Crippen molar-refractivity contribution in [3.05, 3.63) is 0 Å². The van der Waals surface area contributed by atoms with Gasteiger partial charge in [-0.25, -0.2) is 0 Å². The molecule has 0 amide bonds. The van der Waals surface area contributed by atoms with Crippen LogP contribution in [0, 0.1) is 5.41 Å². The van der Waals surface area contributed by atoms with Crippen LogP contribution in [-0.4, -0.2) is 36.6 Å². The maximum Gasteiger partial charge on any atom is 0.0192 e.